The molecular weight excluding hydrogens is 172 g/mol. The van der Waals surface area contributed by atoms with E-state index in [4.69, 9.17) is 5.84 Å². The number of hydrogen-bond donors (Lipinski definition) is 1. The van der Waals surface area contributed by atoms with Crippen molar-refractivity contribution in [3.05, 3.63) is 35.9 Å². The van der Waals surface area contributed by atoms with Gasteiger partial charge in [0.1, 0.15) is 0 Å². The first-order valence-corrected chi connectivity index (χ1v) is 5.41. The van der Waals surface area contributed by atoms with Crippen LogP contribution in [0.4, 0.5) is 0 Å². The predicted molar refractivity (Wildman–Crippen MR) is 58.7 cm³/mol. The molecule has 1 saturated heterocycles. The molecule has 14 heavy (non-hydrogen) atoms. The standard InChI is InChI=1S/C12H18N2/c13-14-9-5-4-8-12(14)10-11-6-2-1-3-7-11/h1-3,6-7,12H,4-5,8-10,13H2. The van der Waals surface area contributed by atoms with Gasteiger partial charge in [-0.05, 0) is 24.8 Å². The molecule has 1 aromatic carbocycles. The van der Waals surface area contributed by atoms with Crippen LogP contribution in [0.5, 0.6) is 0 Å². The minimum absolute atomic E-state index is 0.547. The van der Waals surface area contributed by atoms with Crippen molar-refractivity contribution in [3.8, 4) is 0 Å². The molecular formula is C12H18N2. The van der Waals surface area contributed by atoms with Crippen LogP contribution >= 0.6 is 0 Å². The fraction of sp³-hybridized carbons (Fsp3) is 0.500. The lowest BCUT2D eigenvalue weighted by atomic mass is 9.97. The van der Waals surface area contributed by atoms with Crippen molar-refractivity contribution in [2.45, 2.75) is 31.7 Å². The van der Waals surface area contributed by atoms with E-state index in [1.807, 2.05) is 5.01 Å². The van der Waals surface area contributed by atoms with Crippen molar-refractivity contribution in [1.29, 1.82) is 0 Å². The molecule has 1 unspecified atom stereocenters. The summed E-state index contributed by atoms with van der Waals surface area (Å²) in [7, 11) is 0. The van der Waals surface area contributed by atoms with Crippen LogP contribution in [0.3, 0.4) is 0 Å². The van der Waals surface area contributed by atoms with Gasteiger partial charge in [0.2, 0.25) is 0 Å². The number of piperidine rings is 1. The van der Waals surface area contributed by atoms with Crippen molar-refractivity contribution in [3.63, 3.8) is 0 Å². The molecule has 0 radical (unpaired) electrons. The van der Waals surface area contributed by atoms with E-state index in [1.165, 1.54) is 24.8 Å². The fourth-order valence-corrected chi connectivity index (χ4v) is 2.13. The van der Waals surface area contributed by atoms with Crippen molar-refractivity contribution in [2.24, 2.45) is 5.84 Å². The SMILES string of the molecule is NN1CCCCC1Cc1ccccc1. The highest BCUT2D eigenvalue weighted by molar-refractivity contribution is 5.15. The summed E-state index contributed by atoms with van der Waals surface area (Å²) in [5.41, 5.74) is 1.40. The summed E-state index contributed by atoms with van der Waals surface area (Å²) in [5, 5.41) is 2.01. The number of benzene rings is 1. The molecule has 0 aromatic heterocycles. The third kappa shape index (κ3) is 2.34. The highest BCUT2D eigenvalue weighted by atomic mass is 15.4. The Labute approximate surface area is 85.7 Å². The van der Waals surface area contributed by atoms with Crippen LogP contribution in [0.1, 0.15) is 24.8 Å². The van der Waals surface area contributed by atoms with Gasteiger partial charge >= 0.3 is 0 Å². The van der Waals surface area contributed by atoms with Crippen LogP contribution < -0.4 is 5.84 Å². The van der Waals surface area contributed by atoms with Gasteiger partial charge < -0.3 is 0 Å². The third-order valence-electron chi connectivity index (χ3n) is 2.99. The Hall–Kier alpha value is -0.860. The van der Waals surface area contributed by atoms with Crippen molar-refractivity contribution < 1.29 is 0 Å². The normalized spacial score (nSPS) is 23.6. The van der Waals surface area contributed by atoms with E-state index in [-0.39, 0.29) is 0 Å². The molecule has 2 N–H and O–H groups in total. The van der Waals surface area contributed by atoms with Crippen LogP contribution in [-0.4, -0.2) is 17.6 Å². The maximum Gasteiger partial charge on any atom is 0.0281 e. The number of nitrogens with zero attached hydrogens (tertiary/aromatic N) is 1. The molecule has 2 heteroatoms. The van der Waals surface area contributed by atoms with E-state index >= 15 is 0 Å². The zero-order chi connectivity index (χ0) is 9.80. The fourth-order valence-electron chi connectivity index (χ4n) is 2.13. The minimum Gasteiger partial charge on any atom is -0.269 e. The molecule has 2 rings (SSSR count). The molecule has 2 nitrogen and oxygen atoms in total. The summed E-state index contributed by atoms with van der Waals surface area (Å²) >= 11 is 0. The summed E-state index contributed by atoms with van der Waals surface area (Å²) in [6, 6.07) is 11.2. The van der Waals surface area contributed by atoms with Gasteiger partial charge in [-0.2, -0.15) is 0 Å². The highest BCUT2D eigenvalue weighted by Gasteiger charge is 2.19. The third-order valence-corrected chi connectivity index (χ3v) is 2.99. The Morgan fingerprint density at radius 3 is 2.71 bits per heavy atom. The first kappa shape index (κ1) is 9.69. The first-order chi connectivity index (χ1) is 6.86. The molecule has 1 fully saturated rings. The number of hydrazine groups is 1. The second-order valence-corrected chi connectivity index (χ2v) is 4.08. The molecule has 0 aliphatic carbocycles. The van der Waals surface area contributed by atoms with E-state index in [0.29, 0.717) is 6.04 Å². The molecule has 0 spiro atoms. The van der Waals surface area contributed by atoms with Crippen molar-refractivity contribution in [1.82, 2.24) is 5.01 Å². The zero-order valence-electron chi connectivity index (χ0n) is 8.52. The van der Waals surface area contributed by atoms with Gasteiger partial charge in [0.15, 0.2) is 0 Å². The second-order valence-electron chi connectivity index (χ2n) is 4.08. The summed E-state index contributed by atoms with van der Waals surface area (Å²) in [4.78, 5) is 0. The average Bonchev–Trinajstić information content (AvgIpc) is 2.23. The van der Waals surface area contributed by atoms with Gasteiger partial charge in [0.05, 0.1) is 0 Å². The van der Waals surface area contributed by atoms with Crippen LogP contribution in [-0.2, 0) is 6.42 Å². The summed E-state index contributed by atoms with van der Waals surface area (Å²) in [6.45, 7) is 1.05. The lowest BCUT2D eigenvalue weighted by molar-refractivity contribution is 0.150. The molecule has 1 heterocycles. The molecule has 76 valence electrons. The number of rotatable bonds is 2. The molecule has 0 amide bonds. The lowest BCUT2D eigenvalue weighted by Gasteiger charge is -2.31. The molecule has 1 aromatic rings. The van der Waals surface area contributed by atoms with E-state index in [0.717, 1.165) is 13.0 Å². The Morgan fingerprint density at radius 2 is 2.00 bits per heavy atom. The van der Waals surface area contributed by atoms with Crippen LogP contribution in [0.25, 0.3) is 0 Å². The summed E-state index contributed by atoms with van der Waals surface area (Å²) < 4.78 is 0. The molecule has 1 atom stereocenters. The number of hydrogen-bond acceptors (Lipinski definition) is 2. The molecule has 1 aliphatic heterocycles. The molecule has 1 aliphatic rings. The van der Waals surface area contributed by atoms with E-state index in [2.05, 4.69) is 30.3 Å². The van der Waals surface area contributed by atoms with Crippen LogP contribution in [0.2, 0.25) is 0 Å². The van der Waals surface area contributed by atoms with Crippen molar-refractivity contribution in [2.75, 3.05) is 6.54 Å². The maximum atomic E-state index is 5.96. The summed E-state index contributed by atoms with van der Waals surface area (Å²) in [6.07, 6.45) is 4.91. The van der Waals surface area contributed by atoms with Gasteiger partial charge in [0, 0.05) is 12.6 Å². The van der Waals surface area contributed by atoms with Gasteiger partial charge in [-0.3, -0.25) is 5.84 Å². The minimum atomic E-state index is 0.547. The maximum absolute atomic E-state index is 5.96. The van der Waals surface area contributed by atoms with Gasteiger partial charge in [-0.25, -0.2) is 5.01 Å². The highest BCUT2D eigenvalue weighted by Crippen LogP contribution is 2.17. The quantitative estimate of drug-likeness (QED) is 0.722. The Bertz CT molecular complexity index is 271. The average molecular weight is 190 g/mol. The van der Waals surface area contributed by atoms with Crippen molar-refractivity contribution >= 4 is 0 Å². The summed E-state index contributed by atoms with van der Waals surface area (Å²) in [5.74, 6) is 5.96. The largest absolute Gasteiger partial charge is 0.269 e. The molecule has 0 bridgehead atoms. The van der Waals surface area contributed by atoms with Crippen LogP contribution in [0, 0.1) is 0 Å². The predicted octanol–water partition coefficient (Wildman–Crippen LogP) is 1.96. The molecule has 0 saturated carbocycles. The van der Waals surface area contributed by atoms with Gasteiger partial charge in [-0.15, -0.1) is 0 Å². The zero-order valence-corrected chi connectivity index (χ0v) is 8.52. The van der Waals surface area contributed by atoms with Crippen LogP contribution in [0.15, 0.2) is 30.3 Å². The lowest BCUT2D eigenvalue weighted by Crippen LogP contribution is -2.45. The topological polar surface area (TPSA) is 29.3 Å². The Balaban J connectivity index is 1.96. The van der Waals surface area contributed by atoms with E-state index in [9.17, 15) is 0 Å². The monoisotopic (exact) mass is 190 g/mol. The first-order valence-electron chi connectivity index (χ1n) is 5.41. The van der Waals surface area contributed by atoms with Gasteiger partial charge in [0.25, 0.3) is 0 Å². The van der Waals surface area contributed by atoms with Gasteiger partial charge in [-0.1, -0.05) is 36.8 Å². The Kier molecular flexibility index (Phi) is 3.17. The van der Waals surface area contributed by atoms with E-state index < -0.39 is 0 Å². The smallest absolute Gasteiger partial charge is 0.0281 e. The second kappa shape index (κ2) is 4.58. The Morgan fingerprint density at radius 1 is 1.21 bits per heavy atom. The van der Waals surface area contributed by atoms with E-state index in [1.54, 1.807) is 0 Å². The number of nitrogens with two attached hydrogens (primary N) is 1.